The Morgan fingerprint density at radius 3 is 2.56 bits per heavy atom. The number of fused-ring (bicyclic) bond motifs is 3. The highest BCUT2D eigenvalue weighted by Gasteiger charge is 2.58. The Hall–Kier alpha value is -3.67. The van der Waals surface area contributed by atoms with Gasteiger partial charge in [0.05, 0.1) is 0 Å². The van der Waals surface area contributed by atoms with Gasteiger partial charge in [-0.2, -0.15) is 0 Å². The number of nitrogens with zero attached hydrogens (tertiary/aromatic N) is 3. The van der Waals surface area contributed by atoms with E-state index in [1.807, 2.05) is 41.3 Å². The summed E-state index contributed by atoms with van der Waals surface area (Å²) in [5.41, 5.74) is 4.39. The van der Waals surface area contributed by atoms with Crippen molar-refractivity contribution in [2.75, 3.05) is 19.6 Å². The minimum Gasteiger partial charge on any atom is -0.356 e. The highest BCUT2D eigenvalue weighted by Crippen LogP contribution is 2.59. The number of pyridine rings is 1. The van der Waals surface area contributed by atoms with Gasteiger partial charge in [-0.05, 0) is 79.5 Å². The maximum atomic E-state index is 13.4. The molecule has 36 heavy (non-hydrogen) atoms. The van der Waals surface area contributed by atoms with Crippen LogP contribution in [-0.4, -0.2) is 45.9 Å². The zero-order chi connectivity index (χ0) is 24.7. The predicted octanol–water partition coefficient (Wildman–Crippen LogP) is 4.72. The van der Waals surface area contributed by atoms with E-state index in [9.17, 15) is 9.59 Å². The molecule has 2 amide bonds. The second-order valence-electron chi connectivity index (χ2n) is 10.5. The quantitative estimate of drug-likeness (QED) is 0.406. The molecule has 1 aliphatic heterocycles. The molecule has 4 aromatic rings. The maximum Gasteiger partial charge on any atom is 0.253 e. The molecule has 1 unspecified atom stereocenters. The number of carbonyl (C=O) groups is 2. The van der Waals surface area contributed by atoms with Gasteiger partial charge in [0.1, 0.15) is 0 Å². The maximum absolute atomic E-state index is 13.4. The number of amides is 2. The summed E-state index contributed by atoms with van der Waals surface area (Å²) in [5, 5.41) is 5.44. The van der Waals surface area contributed by atoms with Crippen LogP contribution in [0.5, 0.6) is 0 Å². The molecule has 6 nitrogen and oxygen atoms in total. The summed E-state index contributed by atoms with van der Waals surface area (Å²) < 4.78 is 2.18. The van der Waals surface area contributed by atoms with Crippen LogP contribution in [0.25, 0.3) is 21.8 Å². The predicted molar refractivity (Wildman–Crippen MR) is 142 cm³/mol. The SMILES string of the molecule is Cn1c2ccccc2c2cc(C(=O)N3CCC4(CC3)CC4C(=O)NCCCc3ccncc3)ccc21. The minimum atomic E-state index is 0.0888. The Morgan fingerprint density at radius 2 is 1.75 bits per heavy atom. The van der Waals surface area contributed by atoms with Crippen molar-refractivity contribution in [2.24, 2.45) is 18.4 Å². The Bertz CT molecular complexity index is 1430. The van der Waals surface area contributed by atoms with E-state index < -0.39 is 0 Å². The molecule has 0 bridgehead atoms. The fraction of sp³-hybridized carbons (Fsp3) is 0.367. The molecule has 1 N–H and O–H groups in total. The largest absolute Gasteiger partial charge is 0.356 e. The molecule has 1 aliphatic carbocycles. The van der Waals surface area contributed by atoms with Gasteiger partial charge >= 0.3 is 0 Å². The normalized spacial score (nSPS) is 18.6. The lowest BCUT2D eigenvalue weighted by Crippen LogP contribution is -2.40. The van der Waals surface area contributed by atoms with Gasteiger partial charge in [-0.3, -0.25) is 14.6 Å². The molecule has 1 atom stereocenters. The van der Waals surface area contributed by atoms with Crippen molar-refractivity contribution >= 4 is 33.6 Å². The molecular weight excluding hydrogens is 448 g/mol. The summed E-state index contributed by atoms with van der Waals surface area (Å²) in [6, 6.07) is 18.4. The summed E-state index contributed by atoms with van der Waals surface area (Å²) in [7, 11) is 2.07. The Kier molecular flexibility index (Phi) is 5.75. The van der Waals surface area contributed by atoms with E-state index in [2.05, 4.69) is 40.1 Å². The first-order valence-corrected chi connectivity index (χ1v) is 13.0. The topological polar surface area (TPSA) is 67.2 Å². The van der Waals surface area contributed by atoms with Crippen LogP contribution in [0.1, 0.15) is 41.6 Å². The van der Waals surface area contributed by atoms with Gasteiger partial charge in [0.2, 0.25) is 5.91 Å². The monoisotopic (exact) mass is 480 g/mol. The first-order chi connectivity index (χ1) is 17.6. The Labute approximate surface area is 211 Å². The van der Waals surface area contributed by atoms with Crippen LogP contribution in [0.2, 0.25) is 0 Å². The number of rotatable bonds is 6. The number of hydrogen-bond donors (Lipinski definition) is 1. The molecule has 3 heterocycles. The lowest BCUT2D eigenvalue weighted by Gasteiger charge is -2.33. The van der Waals surface area contributed by atoms with Crippen molar-refractivity contribution in [3.05, 3.63) is 78.1 Å². The highest BCUT2D eigenvalue weighted by atomic mass is 16.2. The molecule has 6 rings (SSSR count). The van der Waals surface area contributed by atoms with Crippen molar-refractivity contribution in [3.63, 3.8) is 0 Å². The average molecular weight is 481 g/mol. The van der Waals surface area contributed by atoms with Gasteiger partial charge in [-0.15, -0.1) is 0 Å². The zero-order valence-corrected chi connectivity index (χ0v) is 20.7. The van der Waals surface area contributed by atoms with E-state index in [0.29, 0.717) is 6.54 Å². The minimum absolute atomic E-state index is 0.0888. The molecule has 2 fully saturated rings. The molecule has 6 heteroatoms. The van der Waals surface area contributed by atoms with Crippen LogP contribution in [0.15, 0.2) is 67.0 Å². The van der Waals surface area contributed by atoms with E-state index in [1.165, 1.54) is 16.5 Å². The lowest BCUT2D eigenvalue weighted by molar-refractivity contribution is -0.123. The van der Waals surface area contributed by atoms with Crippen molar-refractivity contribution < 1.29 is 9.59 Å². The van der Waals surface area contributed by atoms with E-state index in [1.54, 1.807) is 12.4 Å². The number of benzene rings is 2. The van der Waals surface area contributed by atoms with Gasteiger partial charge in [0, 0.05) is 72.4 Å². The van der Waals surface area contributed by atoms with Gasteiger partial charge in [0.25, 0.3) is 5.91 Å². The van der Waals surface area contributed by atoms with Crippen molar-refractivity contribution in [1.82, 2.24) is 19.8 Å². The van der Waals surface area contributed by atoms with Crippen LogP contribution in [-0.2, 0) is 18.3 Å². The van der Waals surface area contributed by atoms with E-state index in [-0.39, 0.29) is 23.1 Å². The van der Waals surface area contributed by atoms with E-state index >= 15 is 0 Å². The molecule has 0 radical (unpaired) electrons. The number of likely N-dealkylation sites (tertiary alicyclic amines) is 1. The number of aryl methyl sites for hydroxylation is 2. The van der Waals surface area contributed by atoms with Crippen LogP contribution in [0, 0.1) is 11.3 Å². The van der Waals surface area contributed by atoms with Crippen LogP contribution in [0.4, 0.5) is 0 Å². The Morgan fingerprint density at radius 1 is 1.00 bits per heavy atom. The van der Waals surface area contributed by atoms with Crippen LogP contribution < -0.4 is 5.32 Å². The summed E-state index contributed by atoms with van der Waals surface area (Å²) >= 11 is 0. The van der Waals surface area contributed by atoms with Crippen molar-refractivity contribution in [2.45, 2.75) is 32.1 Å². The fourth-order valence-electron chi connectivity index (χ4n) is 6.09. The summed E-state index contributed by atoms with van der Waals surface area (Å²) in [4.78, 5) is 32.1. The standard InChI is InChI=1S/C30H32N4O2/c1-33-26-7-3-2-6-23(26)24-19-22(8-9-27(24)33)29(36)34-17-12-30(13-18-34)20-25(30)28(35)32-14-4-5-21-10-15-31-16-11-21/h2-3,6-11,15-16,19,25H,4-5,12-14,17-18,20H2,1H3,(H,32,35). The second-order valence-corrected chi connectivity index (χ2v) is 10.5. The average Bonchev–Trinajstić information content (AvgIpc) is 3.55. The molecule has 1 spiro atoms. The highest BCUT2D eigenvalue weighted by molar-refractivity contribution is 6.10. The molecule has 2 aromatic heterocycles. The van der Waals surface area contributed by atoms with Crippen molar-refractivity contribution in [3.8, 4) is 0 Å². The first-order valence-electron chi connectivity index (χ1n) is 13.0. The number of nitrogens with one attached hydrogen (secondary N) is 1. The Balaban J connectivity index is 1.04. The molecule has 1 saturated heterocycles. The van der Waals surface area contributed by atoms with Crippen molar-refractivity contribution in [1.29, 1.82) is 0 Å². The number of carbonyl (C=O) groups excluding carboxylic acids is 2. The second kappa shape index (κ2) is 9.08. The smallest absolute Gasteiger partial charge is 0.253 e. The molecule has 2 aromatic carbocycles. The van der Waals surface area contributed by atoms with Gasteiger partial charge in [-0.1, -0.05) is 18.2 Å². The zero-order valence-electron chi connectivity index (χ0n) is 20.7. The molecule has 184 valence electrons. The van der Waals surface area contributed by atoms with Crippen LogP contribution in [0.3, 0.4) is 0 Å². The van der Waals surface area contributed by atoms with Crippen LogP contribution >= 0.6 is 0 Å². The third kappa shape index (κ3) is 4.04. The first kappa shape index (κ1) is 22.8. The van der Waals surface area contributed by atoms with Gasteiger partial charge in [0.15, 0.2) is 0 Å². The number of piperidine rings is 1. The molecule has 1 saturated carbocycles. The third-order valence-corrected chi connectivity index (χ3v) is 8.40. The summed E-state index contributed by atoms with van der Waals surface area (Å²) in [6.07, 6.45) is 8.25. The van der Waals surface area contributed by atoms with E-state index in [4.69, 9.17) is 0 Å². The van der Waals surface area contributed by atoms with Gasteiger partial charge in [-0.25, -0.2) is 0 Å². The third-order valence-electron chi connectivity index (χ3n) is 8.40. The number of aromatic nitrogens is 2. The molecular formula is C30H32N4O2. The molecule has 2 aliphatic rings. The van der Waals surface area contributed by atoms with Gasteiger partial charge < -0.3 is 14.8 Å². The summed E-state index contributed by atoms with van der Waals surface area (Å²) in [6.45, 7) is 2.14. The fourth-order valence-corrected chi connectivity index (χ4v) is 6.09. The number of para-hydroxylation sites is 1. The summed E-state index contributed by atoms with van der Waals surface area (Å²) in [5.74, 6) is 0.381. The van der Waals surface area contributed by atoms with E-state index in [0.717, 1.165) is 61.7 Å². The lowest BCUT2D eigenvalue weighted by atomic mass is 9.90. The number of hydrogen-bond acceptors (Lipinski definition) is 3.